The van der Waals surface area contributed by atoms with Crippen LogP contribution in [-0.4, -0.2) is 9.65 Å². The fraction of sp³-hybridized carbons (Fsp3) is 0.455. The zero-order chi connectivity index (χ0) is 9.26. The summed E-state index contributed by atoms with van der Waals surface area (Å²) in [5, 5.41) is 0. The van der Waals surface area contributed by atoms with Gasteiger partial charge in [0.15, 0.2) is 0 Å². The minimum absolute atomic E-state index is 0.638. The van der Waals surface area contributed by atoms with Crippen molar-refractivity contribution in [2.45, 2.75) is 28.4 Å². The fourth-order valence-electron chi connectivity index (χ4n) is 1.97. The van der Waals surface area contributed by atoms with Crippen molar-refractivity contribution in [2.24, 2.45) is 0 Å². The first-order valence-corrected chi connectivity index (χ1v) is 6.43. The van der Waals surface area contributed by atoms with Crippen molar-refractivity contribution in [1.29, 1.82) is 0 Å². The van der Waals surface area contributed by atoms with Crippen LogP contribution in [0.3, 0.4) is 0 Å². The van der Waals surface area contributed by atoms with E-state index in [1.54, 1.807) is 0 Å². The van der Waals surface area contributed by atoms with Crippen LogP contribution in [0.5, 0.6) is 0 Å². The van der Waals surface area contributed by atoms with E-state index in [0.717, 1.165) is 0 Å². The highest BCUT2D eigenvalue weighted by atomic mass is 79.9. The van der Waals surface area contributed by atoms with Crippen molar-refractivity contribution in [2.75, 3.05) is 0 Å². The normalized spacial score (nSPS) is 33.5. The van der Waals surface area contributed by atoms with Gasteiger partial charge in [0.25, 0.3) is 0 Å². The Hall–Kier alpha value is 0.180. The average Bonchev–Trinajstić information content (AvgIpc) is 2.47. The Morgan fingerprint density at radius 2 is 1.69 bits per heavy atom. The smallest absolute Gasteiger partial charge is 0.0225 e. The van der Waals surface area contributed by atoms with Gasteiger partial charge in [0.2, 0.25) is 0 Å². The molecule has 1 aliphatic rings. The monoisotopic (exact) mass is 302 g/mol. The van der Waals surface area contributed by atoms with E-state index in [0.29, 0.717) is 15.6 Å². The summed E-state index contributed by atoms with van der Waals surface area (Å²) in [6.07, 6.45) is 2.49. The Labute approximate surface area is 96.0 Å². The van der Waals surface area contributed by atoms with Crippen LogP contribution in [0, 0.1) is 0 Å². The first kappa shape index (κ1) is 9.72. The third-order valence-corrected chi connectivity index (χ3v) is 4.41. The molecule has 0 heterocycles. The lowest BCUT2D eigenvalue weighted by atomic mass is 9.98. The quantitative estimate of drug-likeness (QED) is 0.686. The molecule has 0 aliphatic heterocycles. The van der Waals surface area contributed by atoms with Crippen LogP contribution in [0.2, 0.25) is 0 Å². The summed E-state index contributed by atoms with van der Waals surface area (Å²) in [7, 11) is 0. The maximum Gasteiger partial charge on any atom is 0.0225 e. The van der Waals surface area contributed by atoms with E-state index in [1.165, 1.54) is 18.4 Å². The Kier molecular flexibility index (Phi) is 3.10. The standard InChI is InChI=1S/C11H12Br2/c12-9-6-10(11(13)7-9)8-4-2-1-3-5-8/h1-5,9-11H,6-7H2. The van der Waals surface area contributed by atoms with Gasteiger partial charge in [-0.25, -0.2) is 0 Å². The second kappa shape index (κ2) is 4.14. The second-order valence-corrected chi connectivity index (χ2v) is 6.07. The molecule has 3 atom stereocenters. The third-order valence-electron chi connectivity index (χ3n) is 2.65. The summed E-state index contributed by atoms with van der Waals surface area (Å²) in [5.41, 5.74) is 1.46. The molecule has 2 heteroatoms. The maximum atomic E-state index is 3.75. The summed E-state index contributed by atoms with van der Waals surface area (Å²) in [6, 6.07) is 10.8. The average molecular weight is 304 g/mol. The molecule has 0 saturated heterocycles. The van der Waals surface area contributed by atoms with Gasteiger partial charge in [0.1, 0.15) is 0 Å². The van der Waals surface area contributed by atoms with Crippen molar-refractivity contribution >= 4 is 31.9 Å². The lowest BCUT2D eigenvalue weighted by molar-refractivity contribution is 0.747. The molecule has 0 N–H and O–H groups in total. The molecular formula is C11H12Br2. The minimum Gasteiger partial charge on any atom is -0.0890 e. The Morgan fingerprint density at radius 1 is 1.00 bits per heavy atom. The summed E-state index contributed by atoms with van der Waals surface area (Å²) in [6.45, 7) is 0. The van der Waals surface area contributed by atoms with Gasteiger partial charge in [-0.3, -0.25) is 0 Å². The van der Waals surface area contributed by atoms with Gasteiger partial charge in [-0.05, 0) is 24.3 Å². The Balaban J connectivity index is 2.18. The van der Waals surface area contributed by atoms with E-state index in [-0.39, 0.29) is 0 Å². The van der Waals surface area contributed by atoms with Crippen molar-refractivity contribution in [3.05, 3.63) is 35.9 Å². The van der Waals surface area contributed by atoms with Gasteiger partial charge in [0.05, 0.1) is 0 Å². The lowest BCUT2D eigenvalue weighted by Crippen LogP contribution is -2.03. The van der Waals surface area contributed by atoms with Gasteiger partial charge in [-0.1, -0.05) is 62.2 Å². The number of hydrogen-bond donors (Lipinski definition) is 0. The molecule has 1 aromatic rings. The molecule has 0 amide bonds. The third kappa shape index (κ3) is 2.16. The highest BCUT2D eigenvalue weighted by Crippen LogP contribution is 2.42. The first-order valence-electron chi connectivity index (χ1n) is 4.60. The summed E-state index contributed by atoms with van der Waals surface area (Å²) < 4.78 is 0. The molecule has 13 heavy (non-hydrogen) atoms. The second-order valence-electron chi connectivity index (χ2n) is 3.60. The molecule has 70 valence electrons. The van der Waals surface area contributed by atoms with Crippen LogP contribution >= 0.6 is 31.9 Å². The predicted octanol–water partition coefficient (Wildman–Crippen LogP) is 4.09. The largest absolute Gasteiger partial charge is 0.0890 e. The van der Waals surface area contributed by atoms with Gasteiger partial charge < -0.3 is 0 Å². The van der Waals surface area contributed by atoms with Crippen molar-refractivity contribution in [1.82, 2.24) is 0 Å². The zero-order valence-corrected chi connectivity index (χ0v) is 10.5. The van der Waals surface area contributed by atoms with E-state index in [2.05, 4.69) is 62.2 Å². The highest BCUT2D eigenvalue weighted by Gasteiger charge is 2.31. The van der Waals surface area contributed by atoms with E-state index < -0.39 is 0 Å². The minimum atomic E-state index is 0.638. The van der Waals surface area contributed by atoms with Crippen molar-refractivity contribution in [3.8, 4) is 0 Å². The highest BCUT2D eigenvalue weighted by molar-refractivity contribution is 9.10. The van der Waals surface area contributed by atoms with Crippen LogP contribution in [0.4, 0.5) is 0 Å². The molecule has 1 aliphatic carbocycles. The number of benzene rings is 1. The maximum absolute atomic E-state index is 3.75. The molecule has 0 bridgehead atoms. The number of rotatable bonds is 1. The van der Waals surface area contributed by atoms with Crippen molar-refractivity contribution < 1.29 is 0 Å². The zero-order valence-electron chi connectivity index (χ0n) is 7.29. The first-order chi connectivity index (χ1) is 6.27. The van der Waals surface area contributed by atoms with E-state index in [4.69, 9.17) is 0 Å². The molecule has 1 fully saturated rings. The van der Waals surface area contributed by atoms with Gasteiger partial charge >= 0.3 is 0 Å². The predicted molar refractivity (Wildman–Crippen MR) is 63.8 cm³/mol. The fourth-order valence-corrected chi connectivity index (χ4v) is 4.25. The van der Waals surface area contributed by atoms with E-state index in [9.17, 15) is 0 Å². The number of halogens is 2. The Bertz CT molecular complexity index is 271. The molecule has 3 unspecified atom stereocenters. The van der Waals surface area contributed by atoms with E-state index >= 15 is 0 Å². The molecule has 1 aromatic carbocycles. The molecule has 0 radical (unpaired) electrons. The molecule has 0 nitrogen and oxygen atoms in total. The molecule has 2 rings (SSSR count). The molecular weight excluding hydrogens is 292 g/mol. The number of hydrogen-bond acceptors (Lipinski definition) is 0. The van der Waals surface area contributed by atoms with Gasteiger partial charge in [-0.2, -0.15) is 0 Å². The van der Waals surface area contributed by atoms with Crippen LogP contribution in [0.25, 0.3) is 0 Å². The van der Waals surface area contributed by atoms with Crippen LogP contribution in [0.1, 0.15) is 24.3 Å². The molecule has 0 aromatic heterocycles. The van der Waals surface area contributed by atoms with Gasteiger partial charge in [0, 0.05) is 9.65 Å². The summed E-state index contributed by atoms with van der Waals surface area (Å²) >= 11 is 7.44. The topological polar surface area (TPSA) is 0 Å². The van der Waals surface area contributed by atoms with Crippen LogP contribution < -0.4 is 0 Å². The van der Waals surface area contributed by atoms with E-state index in [1.807, 2.05) is 0 Å². The number of alkyl halides is 2. The summed E-state index contributed by atoms with van der Waals surface area (Å²) in [5.74, 6) is 0.686. The Morgan fingerprint density at radius 3 is 2.23 bits per heavy atom. The SMILES string of the molecule is BrC1CC(Br)C(c2ccccc2)C1. The lowest BCUT2D eigenvalue weighted by Gasteiger charge is -2.13. The van der Waals surface area contributed by atoms with Crippen molar-refractivity contribution in [3.63, 3.8) is 0 Å². The van der Waals surface area contributed by atoms with Crippen LogP contribution in [-0.2, 0) is 0 Å². The molecule has 1 saturated carbocycles. The van der Waals surface area contributed by atoms with Crippen LogP contribution in [0.15, 0.2) is 30.3 Å². The molecule has 0 spiro atoms. The van der Waals surface area contributed by atoms with Gasteiger partial charge in [-0.15, -0.1) is 0 Å². The summed E-state index contributed by atoms with van der Waals surface area (Å²) in [4.78, 5) is 1.32.